The molecule has 1 aromatic carbocycles. The van der Waals surface area contributed by atoms with E-state index in [9.17, 15) is 19.7 Å². The number of nitro groups is 1. The molecule has 8 nitrogen and oxygen atoms in total. The van der Waals surface area contributed by atoms with Gasteiger partial charge in [-0.15, -0.1) is 0 Å². The molecular weight excluding hydrogens is 336 g/mol. The van der Waals surface area contributed by atoms with Gasteiger partial charge in [0.25, 0.3) is 11.2 Å². The molecule has 1 amide bonds. The second kappa shape index (κ2) is 7.90. The first-order valence-corrected chi connectivity index (χ1v) is 8.63. The summed E-state index contributed by atoms with van der Waals surface area (Å²) in [7, 11) is 0. The normalized spacial score (nSPS) is 14.1. The summed E-state index contributed by atoms with van der Waals surface area (Å²) in [4.78, 5) is 39.0. The van der Waals surface area contributed by atoms with Crippen LogP contribution in [-0.2, 0) is 11.3 Å². The summed E-state index contributed by atoms with van der Waals surface area (Å²) in [5, 5.41) is 13.8. The van der Waals surface area contributed by atoms with Gasteiger partial charge in [0, 0.05) is 18.7 Å². The lowest BCUT2D eigenvalue weighted by Gasteiger charge is -2.13. The molecule has 8 heteroatoms. The fourth-order valence-electron chi connectivity index (χ4n) is 3.08. The summed E-state index contributed by atoms with van der Waals surface area (Å²) in [5.41, 5.74) is 1.08. The van der Waals surface area contributed by atoms with Crippen molar-refractivity contribution in [3.05, 3.63) is 56.6 Å². The Hall–Kier alpha value is -3.03. The molecule has 0 saturated heterocycles. The number of amides is 1. The van der Waals surface area contributed by atoms with Crippen LogP contribution in [0.2, 0.25) is 0 Å². The van der Waals surface area contributed by atoms with Crippen molar-refractivity contribution in [3.8, 4) is 0 Å². The van der Waals surface area contributed by atoms with Crippen LogP contribution in [0.4, 0.5) is 5.69 Å². The molecule has 2 aromatic rings. The Balaban J connectivity index is 1.66. The van der Waals surface area contributed by atoms with Crippen molar-refractivity contribution in [2.75, 3.05) is 6.54 Å². The summed E-state index contributed by atoms with van der Waals surface area (Å²) < 4.78 is 1.17. The molecule has 0 spiro atoms. The van der Waals surface area contributed by atoms with Crippen molar-refractivity contribution in [1.29, 1.82) is 0 Å². The lowest BCUT2D eigenvalue weighted by Crippen LogP contribution is -2.33. The average molecular weight is 356 g/mol. The minimum absolute atomic E-state index is 0.127. The number of hydrogen-bond donors (Lipinski definition) is 1. The van der Waals surface area contributed by atoms with E-state index in [0.29, 0.717) is 12.1 Å². The van der Waals surface area contributed by atoms with E-state index < -0.39 is 10.5 Å². The number of carbonyl (C=O) groups is 1. The van der Waals surface area contributed by atoms with Crippen LogP contribution in [0.15, 0.2) is 41.0 Å². The number of nitrogens with one attached hydrogen (secondary N) is 1. The Kier molecular flexibility index (Phi) is 5.40. The van der Waals surface area contributed by atoms with Crippen LogP contribution in [0.5, 0.6) is 0 Å². The largest absolute Gasteiger partial charge is 0.354 e. The second-order valence-electron chi connectivity index (χ2n) is 6.34. The number of aromatic nitrogens is 2. The minimum atomic E-state index is -0.567. The number of nitrogens with zero attached hydrogens (tertiary/aromatic N) is 3. The Bertz CT molecular complexity index is 932. The van der Waals surface area contributed by atoms with Gasteiger partial charge in [0.2, 0.25) is 5.91 Å². The zero-order valence-corrected chi connectivity index (χ0v) is 14.3. The fourth-order valence-corrected chi connectivity index (χ4v) is 3.08. The highest BCUT2D eigenvalue weighted by Gasteiger charge is 2.12. The van der Waals surface area contributed by atoms with Gasteiger partial charge in [0.15, 0.2) is 0 Å². The summed E-state index contributed by atoms with van der Waals surface area (Å²) in [6.07, 6.45) is 8.97. The molecule has 1 aliphatic carbocycles. The number of nitro benzene ring substituents is 1. The van der Waals surface area contributed by atoms with Gasteiger partial charge >= 0.3 is 0 Å². The van der Waals surface area contributed by atoms with E-state index in [1.165, 1.54) is 47.5 Å². The first-order chi connectivity index (χ1) is 12.5. The van der Waals surface area contributed by atoms with Gasteiger partial charge in [-0.1, -0.05) is 11.6 Å². The predicted octanol–water partition coefficient (Wildman–Crippen LogP) is 2.31. The van der Waals surface area contributed by atoms with Gasteiger partial charge in [0.1, 0.15) is 6.54 Å². The standard InChI is InChI=1S/C18H20N4O4/c23-17(19-9-8-13-4-2-1-3-5-13)11-21-12-20-16-7-6-14(22(25)26)10-15(16)18(21)24/h4,6-7,10,12H,1-3,5,8-9,11H2,(H,19,23). The number of fused-ring (bicyclic) bond motifs is 1. The molecule has 1 heterocycles. The number of non-ortho nitro benzene ring substituents is 1. The molecule has 0 atom stereocenters. The first-order valence-electron chi connectivity index (χ1n) is 8.63. The Morgan fingerprint density at radius 1 is 1.35 bits per heavy atom. The van der Waals surface area contributed by atoms with Crippen LogP contribution in [0, 0.1) is 10.1 Å². The van der Waals surface area contributed by atoms with Gasteiger partial charge in [-0.25, -0.2) is 4.98 Å². The molecule has 0 fully saturated rings. The minimum Gasteiger partial charge on any atom is -0.354 e. The van der Waals surface area contributed by atoms with E-state index in [0.717, 1.165) is 19.3 Å². The van der Waals surface area contributed by atoms with E-state index in [2.05, 4.69) is 16.4 Å². The number of hydrogen-bond acceptors (Lipinski definition) is 5. The second-order valence-corrected chi connectivity index (χ2v) is 6.34. The summed E-state index contributed by atoms with van der Waals surface area (Å²) in [6, 6.07) is 3.91. The Morgan fingerprint density at radius 3 is 2.92 bits per heavy atom. The van der Waals surface area contributed by atoms with E-state index in [4.69, 9.17) is 0 Å². The molecule has 0 saturated carbocycles. The molecule has 0 radical (unpaired) electrons. The van der Waals surface area contributed by atoms with Crippen LogP contribution in [-0.4, -0.2) is 26.9 Å². The van der Waals surface area contributed by atoms with E-state index in [1.54, 1.807) is 0 Å². The van der Waals surface area contributed by atoms with Crippen molar-refractivity contribution >= 4 is 22.5 Å². The van der Waals surface area contributed by atoms with Crippen molar-refractivity contribution in [2.45, 2.75) is 38.6 Å². The molecule has 26 heavy (non-hydrogen) atoms. The van der Waals surface area contributed by atoms with E-state index in [-0.39, 0.29) is 23.5 Å². The van der Waals surface area contributed by atoms with Crippen LogP contribution in [0.3, 0.4) is 0 Å². The zero-order chi connectivity index (χ0) is 18.5. The Morgan fingerprint density at radius 2 is 2.19 bits per heavy atom. The van der Waals surface area contributed by atoms with Gasteiger partial charge in [-0.05, 0) is 38.2 Å². The average Bonchev–Trinajstić information content (AvgIpc) is 2.64. The van der Waals surface area contributed by atoms with Crippen LogP contribution >= 0.6 is 0 Å². The maximum absolute atomic E-state index is 12.5. The third-order valence-corrected chi connectivity index (χ3v) is 4.49. The summed E-state index contributed by atoms with van der Waals surface area (Å²) >= 11 is 0. The molecule has 3 rings (SSSR count). The summed E-state index contributed by atoms with van der Waals surface area (Å²) in [5.74, 6) is -0.282. The molecule has 0 bridgehead atoms. The van der Waals surface area contributed by atoms with Crippen molar-refractivity contribution in [1.82, 2.24) is 14.9 Å². The molecule has 1 aliphatic rings. The number of carbonyl (C=O) groups excluding carboxylic acids is 1. The lowest BCUT2D eigenvalue weighted by molar-refractivity contribution is -0.384. The molecule has 1 aromatic heterocycles. The molecule has 1 N–H and O–H groups in total. The molecule has 0 aliphatic heterocycles. The van der Waals surface area contributed by atoms with Crippen LogP contribution in [0.25, 0.3) is 10.9 Å². The maximum Gasteiger partial charge on any atom is 0.270 e. The van der Waals surface area contributed by atoms with Crippen LogP contribution in [0.1, 0.15) is 32.1 Å². The highest BCUT2D eigenvalue weighted by Crippen LogP contribution is 2.19. The highest BCUT2D eigenvalue weighted by molar-refractivity contribution is 5.80. The van der Waals surface area contributed by atoms with Gasteiger partial charge in [0.05, 0.1) is 22.2 Å². The smallest absolute Gasteiger partial charge is 0.270 e. The Labute approximate surface area is 149 Å². The number of allylic oxidation sites excluding steroid dienone is 1. The number of benzene rings is 1. The monoisotopic (exact) mass is 356 g/mol. The highest BCUT2D eigenvalue weighted by atomic mass is 16.6. The van der Waals surface area contributed by atoms with Gasteiger partial charge in [-0.2, -0.15) is 0 Å². The van der Waals surface area contributed by atoms with E-state index >= 15 is 0 Å². The van der Waals surface area contributed by atoms with E-state index in [1.807, 2.05) is 0 Å². The van der Waals surface area contributed by atoms with Crippen molar-refractivity contribution in [3.63, 3.8) is 0 Å². The maximum atomic E-state index is 12.5. The molecule has 136 valence electrons. The third-order valence-electron chi connectivity index (χ3n) is 4.49. The topological polar surface area (TPSA) is 107 Å². The fraction of sp³-hybridized carbons (Fsp3) is 0.389. The zero-order valence-electron chi connectivity index (χ0n) is 14.3. The quantitative estimate of drug-likeness (QED) is 0.485. The third kappa shape index (κ3) is 4.14. The van der Waals surface area contributed by atoms with Gasteiger partial charge in [-0.3, -0.25) is 24.3 Å². The van der Waals surface area contributed by atoms with Crippen molar-refractivity contribution in [2.24, 2.45) is 0 Å². The van der Waals surface area contributed by atoms with Crippen LogP contribution < -0.4 is 10.9 Å². The summed E-state index contributed by atoms with van der Waals surface area (Å²) in [6.45, 7) is 0.370. The SMILES string of the molecule is O=C(Cn1cnc2ccc([N+](=O)[O-])cc2c1=O)NCCC1=CCCCC1. The first kappa shape index (κ1) is 17.8. The van der Waals surface area contributed by atoms with Crippen molar-refractivity contribution < 1.29 is 9.72 Å². The molecular formula is C18H20N4O4. The number of rotatable bonds is 6. The van der Waals surface area contributed by atoms with Gasteiger partial charge < -0.3 is 5.32 Å². The lowest BCUT2D eigenvalue weighted by atomic mass is 9.97. The predicted molar refractivity (Wildman–Crippen MR) is 96.8 cm³/mol. The molecule has 0 unspecified atom stereocenters.